The van der Waals surface area contributed by atoms with Gasteiger partial charge in [0, 0.05) is 0 Å². The van der Waals surface area contributed by atoms with Gasteiger partial charge in [-0.15, -0.1) is 6.58 Å². The van der Waals surface area contributed by atoms with Crippen molar-refractivity contribution in [2.75, 3.05) is 0 Å². The number of amidine groups is 1. The number of hydrogen-bond acceptors (Lipinski definition) is 4. The van der Waals surface area contributed by atoms with Crippen LogP contribution >= 0.6 is 11.8 Å². The van der Waals surface area contributed by atoms with Crippen molar-refractivity contribution < 1.29 is 9.90 Å². The fourth-order valence-electron chi connectivity index (χ4n) is 2.71. The first-order valence-electron chi connectivity index (χ1n) is 7.14. The van der Waals surface area contributed by atoms with E-state index >= 15 is 0 Å². The minimum Gasteiger partial charge on any atom is -0.389 e. The molecular formula is C15H24N2O2S. The lowest BCUT2D eigenvalue weighted by Crippen LogP contribution is -2.40. The van der Waals surface area contributed by atoms with Crippen molar-refractivity contribution in [3.8, 4) is 0 Å². The Bertz CT molecular complexity index is 436. The number of carbonyl (C=O) groups is 1. The summed E-state index contributed by atoms with van der Waals surface area (Å²) in [6.45, 7) is 9.43. The predicted molar refractivity (Wildman–Crippen MR) is 83.8 cm³/mol. The lowest BCUT2D eigenvalue weighted by Gasteiger charge is -2.39. The molecule has 0 radical (unpaired) electrons. The Kier molecular flexibility index (Phi) is 4.30. The van der Waals surface area contributed by atoms with E-state index in [-0.39, 0.29) is 11.9 Å². The quantitative estimate of drug-likeness (QED) is 0.766. The summed E-state index contributed by atoms with van der Waals surface area (Å²) in [6.07, 6.45) is 6.61. The molecule has 20 heavy (non-hydrogen) atoms. The summed E-state index contributed by atoms with van der Waals surface area (Å²) < 4.78 is 0. The molecular weight excluding hydrogens is 272 g/mol. The van der Waals surface area contributed by atoms with Gasteiger partial charge in [0.15, 0.2) is 5.17 Å². The van der Waals surface area contributed by atoms with E-state index in [1.54, 1.807) is 13.8 Å². The summed E-state index contributed by atoms with van der Waals surface area (Å²) in [5.74, 6) is -0.168. The fourth-order valence-corrected chi connectivity index (χ4v) is 3.75. The molecule has 2 fully saturated rings. The smallest absolute Gasteiger partial charge is 0.242 e. The molecule has 1 saturated carbocycles. The van der Waals surface area contributed by atoms with Gasteiger partial charge in [-0.3, -0.25) is 9.79 Å². The van der Waals surface area contributed by atoms with Crippen molar-refractivity contribution >= 4 is 22.8 Å². The highest BCUT2D eigenvalue weighted by Crippen LogP contribution is 2.44. The van der Waals surface area contributed by atoms with Gasteiger partial charge in [-0.25, -0.2) is 0 Å². The molecule has 1 heterocycles. The third-order valence-corrected chi connectivity index (χ3v) is 5.61. The molecule has 1 aliphatic carbocycles. The first kappa shape index (κ1) is 15.6. The van der Waals surface area contributed by atoms with Gasteiger partial charge in [0.2, 0.25) is 5.91 Å². The highest BCUT2D eigenvalue weighted by Gasteiger charge is 2.41. The SMILES string of the molecule is C=CC(CC1(C)CCC1)N=C1NC(=O)C(C(C)(C)O)S1. The zero-order valence-electron chi connectivity index (χ0n) is 12.5. The van der Waals surface area contributed by atoms with Crippen LogP contribution in [0.4, 0.5) is 0 Å². The Morgan fingerprint density at radius 1 is 1.65 bits per heavy atom. The molecule has 1 aliphatic heterocycles. The lowest BCUT2D eigenvalue weighted by atomic mass is 9.67. The molecule has 2 rings (SSSR count). The summed E-state index contributed by atoms with van der Waals surface area (Å²) in [4.78, 5) is 16.4. The molecule has 112 valence electrons. The van der Waals surface area contributed by atoms with Gasteiger partial charge in [-0.1, -0.05) is 31.2 Å². The molecule has 0 bridgehead atoms. The number of amides is 1. The Morgan fingerprint density at radius 3 is 2.70 bits per heavy atom. The Labute approximate surface area is 125 Å². The van der Waals surface area contributed by atoms with Crippen molar-refractivity contribution in [1.29, 1.82) is 0 Å². The number of carbonyl (C=O) groups excluding carboxylic acids is 1. The van der Waals surface area contributed by atoms with Gasteiger partial charge in [0.1, 0.15) is 5.25 Å². The van der Waals surface area contributed by atoms with E-state index in [1.807, 2.05) is 6.08 Å². The van der Waals surface area contributed by atoms with E-state index in [1.165, 1.54) is 31.0 Å². The molecule has 2 N–H and O–H groups in total. The van der Waals surface area contributed by atoms with Crippen LogP contribution in [0.15, 0.2) is 17.6 Å². The molecule has 2 aliphatic rings. The number of aliphatic imine (C=N–C) groups is 1. The summed E-state index contributed by atoms with van der Waals surface area (Å²) in [5, 5.41) is 12.8. The van der Waals surface area contributed by atoms with Gasteiger partial charge in [0.05, 0.1) is 11.6 Å². The fraction of sp³-hybridized carbons (Fsp3) is 0.733. The molecule has 0 spiro atoms. The second kappa shape index (κ2) is 5.53. The minimum atomic E-state index is -1.05. The highest BCUT2D eigenvalue weighted by molar-refractivity contribution is 8.15. The normalized spacial score (nSPS) is 28.9. The van der Waals surface area contributed by atoms with E-state index in [0.717, 1.165) is 6.42 Å². The zero-order chi connectivity index (χ0) is 15.0. The molecule has 0 aromatic rings. The van der Waals surface area contributed by atoms with Crippen molar-refractivity contribution in [3.63, 3.8) is 0 Å². The number of rotatable bonds is 5. The van der Waals surface area contributed by atoms with Crippen LogP contribution < -0.4 is 5.32 Å². The molecule has 2 atom stereocenters. The van der Waals surface area contributed by atoms with Gasteiger partial charge in [-0.05, 0) is 38.5 Å². The van der Waals surface area contributed by atoms with Crippen LogP contribution in [0.2, 0.25) is 0 Å². The largest absolute Gasteiger partial charge is 0.389 e. The molecule has 1 amide bonds. The van der Waals surface area contributed by atoms with Crippen molar-refractivity contribution in [2.45, 2.75) is 63.3 Å². The van der Waals surface area contributed by atoms with E-state index in [4.69, 9.17) is 0 Å². The first-order chi connectivity index (χ1) is 9.23. The maximum absolute atomic E-state index is 11.9. The Hall–Kier alpha value is -0.810. The number of hydrogen-bond donors (Lipinski definition) is 2. The predicted octanol–water partition coefficient (Wildman–Crippen LogP) is 2.48. The van der Waals surface area contributed by atoms with E-state index in [0.29, 0.717) is 10.6 Å². The lowest BCUT2D eigenvalue weighted by molar-refractivity contribution is -0.122. The van der Waals surface area contributed by atoms with Crippen LogP contribution in [-0.2, 0) is 4.79 Å². The Morgan fingerprint density at radius 2 is 2.30 bits per heavy atom. The van der Waals surface area contributed by atoms with Crippen LogP contribution in [-0.4, -0.2) is 33.1 Å². The van der Waals surface area contributed by atoms with Crippen molar-refractivity contribution in [2.24, 2.45) is 10.4 Å². The average molecular weight is 296 g/mol. The third kappa shape index (κ3) is 3.44. The van der Waals surface area contributed by atoms with Crippen LogP contribution in [0.1, 0.15) is 46.5 Å². The molecule has 5 heteroatoms. The topological polar surface area (TPSA) is 61.7 Å². The molecule has 0 aromatic carbocycles. The number of nitrogens with one attached hydrogen (secondary N) is 1. The molecule has 0 aromatic heterocycles. The van der Waals surface area contributed by atoms with Gasteiger partial charge >= 0.3 is 0 Å². The summed E-state index contributed by atoms with van der Waals surface area (Å²) >= 11 is 1.31. The van der Waals surface area contributed by atoms with Gasteiger partial charge in [0.25, 0.3) is 0 Å². The van der Waals surface area contributed by atoms with Crippen molar-refractivity contribution in [1.82, 2.24) is 5.32 Å². The highest BCUT2D eigenvalue weighted by atomic mass is 32.2. The van der Waals surface area contributed by atoms with Crippen molar-refractivity contribution in [3.05, 3.63) is 12.7 Å². The van der Waals surface area contributed by atoms with Crippen LogP contribution in [0.3, 0.4) is 0 Å². The summed E-state index contributed by atoms with van der Waals surface area (Å²) in [6, 6.07) is 0.0312. The molecule has 1 saturated heterocycles. The Balaban J connectivity index is 2.03. The summed E-state index contributed by atoms with van der Waals surface area (Å²) in [7, 11) is 0. The average Bonchev–Trinajstić information content (AvgIpc) is 2.67. The van der Waals surface area contributed by atoms with Crippen LogP contribution in [0, 0.1) is 5.41 Å². The van der Waals surface area contributed by atoms with Crippen LogP contribution in [0.5, 0.6) is 0 Å². The van der Waals surface area contributed by atoms with E-state index in [9.17, 15) is 9.90 Å². The zero-order valence-corrected chi connectivity index (χ0v) is 13.3. The van der Waals surface area contributed by atoms with Gasteiger partial charge in [-0.2, -0.15) is 0 Å². The maximum atomic E-state index is 11.9. The molecule has 4 nitrogen and oxygen atoms in total. The van der Waals surface area contributed by atoms with E-state index in [2.05, 4.69) is 23.8 Å². The monoisotopic (exact) mass is 296 g/mol. The number of thioether (sulfide) groups is 1. The number of nitrogens with zero attached hydrogens (tertiary/aromatic N) is 1. The maximum Gasteiger partial charge on any atom is 0.242 e. The van der Waals surface area contributed by atoms with Crippen LogP contribution in [0.25, 0.3) is 0 Å². The van der Waals surface area contributed by atoms with Gasteiger partial charge < -0.3 is 10.4 Å². The molecule has 2 unspecified atom stereocenters. The summed E-state index contributed by atoms with van der Waals surface area (Å²) in [5.41, 5.74) is -0.679. The minimum absolute atomic E-state index is 0.0312. The van der Waals surface area contributed by atoms with E-state index < -0.39 is 10.9 Å². The first-order valence-corrected chi connectivity index (χ1v) is 8.02. The second-order valence-corrected chi connectivity index (χ2v) is 7.84. The number of aliphatic hydroxyl groups is 1. The second-order valence-electron chi connectivity index (χ2n) is 6.75. The third-order valence-electron chi connectivity index (χ3n) is 4.16. The standard InChI is InChI=1S/C15H24N2O2S/c1-5-10(9-15(4)7-6-8-15)16-13-17-12(18)11(20-13)14(2,3)19/h5,10-11,19H,1,6-9H2,2-4H3,(H,16,17,18).